The zero-order valence-corrected chi connectivity index (χ0v) is 24.3. The highest BCUT2D eigenvalue weighted by molar-refractivity contribution is 5.87. The van der Waals surface area contributed by atoms with Crippen molar-refractivity contribution in [3.05, 3.63) is 59.7 Å². The van der Waals surface area contributed by atoms with E-state index < -0.39 is 53.9 Å². The molecule has 0 heterocycles. The van der Waals surface area contributed by atoms with Gasteiger partial charge in [-0.1, -0.05) is 48.5 Å². The predicted octanol–water partition coefficient (Wildman–Crippen LogP) is 3.80. The summed E-state index contributed by atoms with van der Waals surface area (Å²) in [5.41, 5.74) is 2.76. The van der Waals surface area contributed by atoms with Gasteiger partial charge in [0, 0.05) is 12.5 Å². The summed E-state index contributed by atoms with van der Waals surface area (Å²) in [5, 5.41) is 16.9. The number of aliphatic carboxylic acids is 1. The number of fused-ring (bicyclic) bond motifs is 3. The van der Waals surface area contributed by atoms with Crippen LogP contribution in [0.1, 0.15) is 58.6 Å². The van der Waals surface area contributed by atoms with E-state index in [1.54, 1.807) is 41.5 Å². The van der Waals surface area contributed by atoms with Crippen molar-refractivity contribution in [3.63, 3.8) is 0 Å². The Balaban J connectivity index is 1.59. The molecule has 1 aliphatic carbocycles. The number of alkyl carbamates (subject to hydrolysis) is 2. The van der Waals surface area contributed by atoms with Crippen molar-refractivity contribution < 1.29 is 38.5 Å². The van der Waals surface area contributed by atoms with Gasteiger partial charge in [0.25, 0.3) is 0 Å². The highest BCUT2D eigenvalue weighted by atomic mass is 16.6. The fourth-order valence-corrected chi connectivity index (χ4v) is 4.27. The molecule has 0 bridgehead atoms. The van der Waals surface area contributed by atoms with E-state index in [-0.39, 0.29) is 19.1 Å². The van der Waals surface area contributed by atoms with Crippen LogP contribution in [0.5, 0.6) is 0 Å². The number of rotatable bonds is 10. The second-order valence-electron chi connectivity index (χ2n) is 11.7. The maximum absolute atomic E-state index is 12.9. The number of carboxylic acids is 1. The van der Waals surface area contributed by atoms with Gasteiger partial charge in [-0.25, -0.2) is 14.4 Å². The van der Waals surface area contributed by atoms with Crippen LogP contribution in [0.15, 0.2) is 48.5 Å². The molecule has 11 heteroatoms. The van der Waals surface area contributed by atoms with Gasteiger partial charge in [-0.05, 0) is 63.8 Å². The van der Waals surface area contributed by atoms with Crippen LogP contribution >= 0.6 is 0 Å². The number of carbonyl (C=O) groups excluding carboxylic acids is 3. The number of hydrogen-bond acceptors (Lipinski definition) is 7. The fourth-order valence-electron chi connectivity index (χ4n) is 4.27. The van der Waals surface area contributed by atoms with E-state index in [4.69, 9.17) is 14.2 Å². The van der Waals surface area contributed by atoms with Crippen LogP contribution in [0, 0.1) is 0 Å². The molecule has 2 aromatic rings. The first-order chi connectivity index (χ1) is 19.1. The molecule has 0 radical (unpaired) electrons. The molecule has 3 amide bonds. The van der Waals surface area contributed by atoms with E-state index >= 15 is 0 Å². The first-order valence-electron chi connectivity index (χ1n) is 13.4. The third-order valence-electron chi connectivity index (χ3n) is 6.10. The number of ether oxygens (including phenoxy) is 3. The summed E-state index contributed by atoms with van der Waals surface area (Å²) in [4.78, 5) is 49.7. The normalized spacial score (nSPS) is 14.2. The van der Waals surface area contributed by atoms with Crippen LogP contribution < -0.4 is 16.0 Å². The zero-order chi connectivity index (χ0) is 30.4. The van der Waals surface area contributed by atoms with Crippen molar-refractivity contribution in [2.75, 3.05) is 19.8 Å². The van der Waals surface area contributed by atoms with E-state index in [2.05, 4.69) is 16.0 Å². The average Bonchev–Trinajstić information content (AvgIpc) is 3.19. The summed E-state index contributed by atoms with van der Waals surface area (Å²) in [6, 6.07) is 13.0. The van der Waals surface area contributed by atoms with Gasteiger partial charge in [0.2, 0.25) is 5.91 Å². The third-order valence-corrected chi connectivity index (χ3v) is 6.10. The first kappa shape index (κ1) is 31.4. The molecule has 4 N–H and O–H groups in total. The lowest BCUT2D eigenvalue weighted by Crippen LogP contribution is -2.55. The molecule has 41 heavy (non-hydrogen) atoms. The molecule has 0 saturated heterocycles. The van der Waals surface area contributed by atoms with Crippen molar-refractivity contribution in [3.8, 4) is 11.1 Å². The molecule has 0 aliphatic heterocycles. The largest absolute Gasteiger partial charge is 0.480 e. The second kappa shape index (κ2) is 13.0. The first-order valence-corrected chi connectivity index (χ1v) is 13.4. The van der Waals surface area contributed by atoms with Crippen molar-refractivity contribution >= 4 is 24.1 Å². The Hall–Kier alpha value is -4.12. The van der Waals surface area contributed by atoms with Gasteiger partial charge in [0.1, 0.15) is 24.3 Å². The second-order valence-corrected chi connectivity index (χ2v) is 11.7. The number of nitrogens with one attached hydrogen (secondary N) is 3. The van der Waals surface area contributed by atoms with Crippen LogP contribution in [0.3, 0.4) is 0 Å². The van der Waals surface area contributed by atoms with Gasteiger partial charge in [-0.2, -0.15) is 0 Å². The van der Waals surface area contributed by atoms with Crippen molar-refractivity contribution in [1.82, 2.24) is 16.0 Å². The lowest BCUT2D eigenvalue weighted by molar-refractivity contribution is -0.139. The van der Waals surface area contributed by atoms with E-state index in [9.17, 15) is 24.3 Å². The molecule has 1 aliphatic rings. The van der Waals surface area contributed by atoms with Crippen LogP contribution in [0.2, 0.25) is 0 Å². The van der Waals surface area contributed by atoms with E-state index in [1.807, 2.05) is 48.5 Å². The minimum Gasteiger partial charge on any atom is -0.480 e. The smallest absolute Gasteiger partial charge is 0.408 e. The molecular weight excluding hydrogens is 530 g/mol. The monoisotopic (exact) mass is 569 g/mol. The third kappa shape index (κ3) is 9.21. The Morgan fingerprint density at radius 2 is 1.34 bits per heavy atom. The van der Waals surface area contributed by atoms with Crippen LogP contribution in [0.4, 0.5) is 9.59 Å². The quantitative estimate of drug-likeness (QED) is 0.337. The highest BCUT2D eigenvalue weighted by Gasteiger charge is 2.31. The summed E-state index contributed by atoms with van der Waals surface area (Å²) < 4.78 is 16.3. The van der Waals surface area contributed by atoms with E-state index in [0.717, 1.165) is 22.3 Å². The number of benzene rings is 2. The van der Waals surface area contributed by atoms with Crippen LogP contribution in [0.25, 0.3) is 11.1 Å². The van der Waals surface area contributed by atoms with Gasteiger partial charge in [-0.3, -0.25) is 4.79 Å². The van der Waals surface area contributed by atoms with Gasteiger partial charge < -0.3 is 35.3 Å². The predicted molar refractivity (Wildman–Crippen MR) is 152 cm³/mol. The molecule has 3 rings (SSSR count). The van der Waals surface area contributed by atoms with Crippen LogP contribution in [-0.2, 0) is 23.8 Å². The van der Waals surface area contributed by atoms with Crippen molar-refractivity contribution in [2.24, 2.45) is 0 Å². The number of amides is 3. The van der Waals surface area contributed by atoms with Gasteiger partial charge in [0.15, 0.2) is 0 Å². The van der Waals surface area contributed by atoms with E-state index in [0.29, 0.717) is 0 Å². The minimum absolute atomic E-state index is 0.00455. The highest BCUT2D eigenvalue weighted by Crippen LogP contribution is 2.44. The number of carboxylic acid groups (broad SMARTS) is 1. The number of hydrogen-bond donors (Lipinski definition) is 4. The Bertz CT molecular complexity index is 1220. The zero-order valence-electron chi connectivity index (χ0n) is 24.3. The molecular formula is C30H39N3O8. The lowest BCUT2D eigenvalue weighted by Gasteiger charge is -2.26. The van der Waals surface area contributed by atoms with Gasteiger partial charge in [0.05, 0.1) is 12.2 Å². The summed E-state index contributed by atoms with van der Waals surface area (Å²) in [5.74, 6) is -2.28. The van der Waals surface area contributed by atoms with Crippen LogP contribution in [-0.4, -0.2) is 72.2 Å². The van der Waals surface area contributed by atoms with Crippen molar-refractivity contribution in [2.45, 2.75) is 70.7 Å². The SMILES string of the molecule is CC(C)(C)OC[C@@H](NC(=O)OC(C)(C)C)C(=O)NC[C@H](NC(=O)OCC1c2ccccc2-c2ccccc21)C(=O)O. The Morgan fingerprint density at radius 1 is 0.805 bits per heavy atom. The Kier molecular flexibility index (Phi) is 9.98. The molecule has 0 saturated carbocycles. The Labute approximate surface area is 239 Å². The molecule has 0 aromatic heterocycles. The summed E-state index contributed by atoms with van der Waals surface area (Å²) >= 11 is 0. The molecule has 222 valence electrons. The lowest BCUT2D eigenvalue weighted by atomic mass is 9.98. The minimum atomic E-state index is -1.49. The molecule has 2 aromatic carbocycles. The van der Waals surface area contributed by atoms with E-state index in [1.165, 1.54) is 0 Å². The molecule has 2 atom stereocenters. The standard InChI is InChI=1S/C30H39N3O8/c1-29(2,3)40-17-24(33-28(38)41-30(4,5)6)25(34)31-15-23(26(35)36)32-27(37)39-16-22-20-13-9-7-11-18(20)19-12-8-10-14-21(19)22/h7-14,22-24H,15-17H2,1-6H3,(H,31,34)(H,32,37)(H,33,38)(H,35,36)/t23-,24+/m0/s1. The van der Waals surface area contributed by atoms with Gasteiger partial charge >= 0.3 is 18.2 Å². The van der Waals surface area contributed by atoms with Crippen molar-refractivity contribution in [1.29, 1.82) is 0 Å². The maximum atomic E-state index is 12.9. The topological polar surface area (TPSA) is 152 Å². The van der Waals surface area contributed by atoms with Gasteiger partial charge in [-0.15, -0.1) is 0 Å². The summed E-state index contributed by atoms with van der Waals surface area (Å²) in [6.45, 7) is 9.76. The molecule has 11 nitrogen and oxygen atoms in total. The maximum Gasteiger partial charge on any atom is 0.408 e. The average molecular weight is 570 g/mol. The Morgan fingerprint density at radius 3 is 1.85 bits per heavy atom. The molecule has 0 unspecified atom stereocenters. The summed E-state index contributed by atoms with van der Waals surface area (Å²) in [7, 11) is 0. The summed E-state index contributed by atoms with van der Waals surface area (Å²) in [6.07, 6.45) is -1.77. The fraction of sp³-hybridized carbons (Fsp3) is 0.467. The molecule has 0 fully saturated rings. The molecule has 0 spiro atoms. The number of carbonyl (C=O) groups is 4.